The number of nitrogens with zero attached hydrogens (tertiary/aromatic N) is 3. The molecule has 0 aliphatic rings. The topological polar surface area (TPSA) is 86.1 Å². The van der Waals surface area contributed by atoms with Gasteiger partial charge in [-0.2, -0.15) is 5.10 Å². The Morgan fingerprint density at radius 2 is 2.05 bits per heavy atom. The van der Waals surface area contributed by atoms with Crippen LogP contribution in [-0.4, -0.2) is 30.3 Å². The Morgan fingerprint density at radius 1 is 1.23 bits per heavy atom. The summed E-state index contributed by atoms with van der Waals surface area (Å²) in [6.45, 7) is 0. The van der Waals surface area contributed by atoms with E-state index in [0.29, 0.717) is 17.0 Å². The first-order valence-electron chi connectivity index (χ1n) is 6.44. The molecule has 0 aliphatic carbocycles. The maximum atomic E-state index is 12.5. The molecule has 1 N–H and O–H groups in total. The van der Waals surface area contributed by atoms with Crippen LogP contribution in [0.4, 0.5) is 5.69 Å². The number of sulfonamides is 1. The average Bonchev–Trinajstić information content (AvgIpc) is 2.90. The van der Waals surface area contributed by atoms with E-state index in [2.05, 4.69) is 14.8 Å². The molecule has 0 bridgehead atoms. The number of methoxy groups -OCH3 is 1. The first kappa shape index (κ1) is 14.3. The maximum Gasteiger partial charge on any atom is 0.263 e. The maximum absolute atomic E-state index is 12.5. The van der Waals surface area contributed by atoms with Gasteiger partial charge in [0.25, 0.3) is 10.0 Å². The molecule has 3 aromatic rings. The minimum Gasteiger partial charge on any atom is -0.494 e. The number of aryl methyl sites for hydroxylation is 1. The van der Waals surface area contributed by atoms with Crippen LogP contribution >= 0.6 is 0 Å². The van der Waals surface area contributed by atoms with Crippen molar-refractivity contribution in [2.75, 3.05) is 11.8 Å². The summed E-state index contributed by atoms with van der Waals surface area (Å²) in [6.07, 6.45) is 4.47. The quantitative estimate of drug-likeness (QED) is 0.792. The fourth-order valence-corrected chi connectivity index (χ4v) is 3.26. The van der Waals surface area contributed by atoms with Gasteiger partial charge in [0.05, 0.1) is 18.8 Å². The third kappa shape index (κ3) is 2.37. The zero-order chi connectivity index (χ0) is 15.7. The Morgan fingerprint density at radius 3 is 2.73 bits per heavy atom. The summed E-state index contributed by atoms with van der Waals surface area (Å²) in [4.78, 5) is 3.92. The number of rotatable bonds is 4. The van der Waals surface area contributed by atoms with Crippen molar-refractivity contribution in [3.8, 4) is 5.75 Å². The van der Waals surface area contributed by atoms with Crippen molar-refractivity contribution in [3.05, 3.63) is 42.9 Å². The van der Waals surface area contributed by atoms with E-state index in [-0.39, 0.29) is 4.90 Å². The lowest BCUT2D eigenvalue weighted by Gasteiger charge is -2.13. The minimum absolute atomic E-state index is 0.0798. The van der Waals surface area contributed by atoms with E-state index in [1.165, 1.54) is 25.6 Å². The zero-order valence-corrected chi connectivity index (χ0v) is 12.8. The fourth-order valence-electron chi connectivity index (χ4n) is 2.22. The summed E-state index contributed by atoms with van der Waals surface area (Å²) in [5.74, 6) is 0.420. The van der Waals surface area contributed by atoms with Crippen molar-refractivity contribution in [2.24, 2.45) is 7.05 Å². The van der Waals surface area contributed by atoms with Crippen LogP contribution in [0.15, 0.2) is 47.8 Å². The Bertz CT molecular complexity index is 920. The highest BCUT2D eigenvalue weighted by Crippen LogP contribution is 2.34. The Hall–Kier alpha value is -2.61. The highest BCUT2D eigenvalue weighted by Gasteiger charge is 2.20. The van der Waals surface area contributed by atoms with Crippen LogP contribution in [0.1, 0.15) is 0 Å². The van der Waals surface area contributed by atoms with Gasteiger partial charge in [0.15, 0.2) is 0 Å². The Balaban J connectivity index is 2.16. The van der Waals surface area contributed by atoms with E-state index < -0.39 is 10.0 Å². The number of fused-ring (bicyclic) bond motifs is 1. The lowest BCUT2D eigenvalue weighted by molar-refractivity contribution is 0.417. The minimum atomic E-state index is -3.77. The lowest BCUT2D eigenvalue weighted by Crippen LogP contribution is -2.14. The molecule has 2 aromatic heterocycles. The summed E-state index contributed by atoms with van der Waals surface area (Å²) < 4.78 is 34.5. The molecule has 0 saturated heterocycles. The second kappa shape index (κ2) is 5.30. The van der Waals surface area contributed by atoms with Gasteiger partial charge >= 0.3 is 0 Å². The molecule has 0 aliphatic heterocycles. The molecule has 7 nitrogen and oxygen atoms in total. The smallest absolute Gasteiger partial charge is 0.263 e. The number of nitrogens with one attached hydrogen (secondary N) is 1. The van der Waals surface area contributed by atoms with E-state index in [0.717, 1.165) is 5.39 Å². The molecule has 3 rings (SSSR count). The summed E-state index contributed by atoms with van der Waals surface area (Å²) in [5, 5.41) is 4.96. The molecule has 2 heterocycles. The number of hydrogen-bond donors (Lipinski definition) is 1. The second-order valence-corrected chi connectivity index (χ2v) is 6.33. The van der Waals surface area contributed by atoms with E-state index in [1.54, 1.807) is 30.1 Å². The number of ether oxygens (including phenoxy) is 1. The van der Waals surface area contributed by atoms with Crippen LogP contribution in [0.2, 0.25) is 0 Å². The molecule has 8 heteroatoms. The van der Waals surface area contributed by atoms with Crippen LogP contribution in [0, 0.1) is 0 Å². The summed E-state index contributed by atoms with van der Waals surface area (Å²) in [6, 6.07) is 6.57. The third-order valence-corrected chi connectivity index (χ3v) is 4.60. The molecule has 1 aromatic carbocycles. The standard InChI is InChI=1S/C14H14N4O3S/c1-18-14-10(8-16-18)5-6-12(21-2)13(14)17-22(19,20)11-4-3-7-15-9-11/h3-9,17H,1-2H3. The number of benzene rings is 1. The summed E-state index contributed by atoms with van der Waals surface area (Å²) in [7, 11) is -0.540. The molecule has 0 spiro atoms. The van der Waals surface area contributed by atoms with Gasteiger partial charge in [0, 0.05) is 24.8 Å². The van der Waals surface area contributed by atoms with Crippen LogP contribution in [0.25, 0.3) is 10.9 Å². The van der Waals surface area contributed by atoms with Crippen molar-refractivity contribution in [1.29, 1.82) is 0 Å². The highest BCUT2D eigenvalue weighted by molar-refractivity contribution is 7.92. The van der Waals surface area contributed by atoms with Gasteiger partial charge in [-0.1, -0.05) is 0 Å². The normalized spacial score (nSPS) is 11.5. The van der Waals surface area contributed by atoms with Crippen molar-refractivity contribution in [1.82, 2.24) is 14.8 Å². The molecule has 0 fully saturated rings. The van der Waals surface area contributed by atoms with Crippen LogP contribution in [0.3, 0.4) is 0 Å². The Kier molecular flexibility index (Phi) is 3.45. The molecule has 114 valence electrons. The predicted molar refractivity (Wildman–Crippen MR) is 82.3 cm³/mol. The van der Waals surface area contributed by atoms with Crippen molar-refractivity contribution < 1.29 is 13.2 Å². The highest BCUT2D eigenvalue weighted by atomic mass is 32.2. The summed E-state index contributed by atoms with van der Waals surface area (Å²) >= 11 is 0. The van der Waals surface area contributed by atoms with E-state index >= 15 is 0 Å². The van der Waals surface area contributed by atoms with Gasteiger partial charge in [-0.25, -0.2) is 8.42 Å². The van der Waals surface area contributed by atoms with Crippen molar-refractivity contribution in [3.63, 3.8) is 0 Å². The molecule has 0 saturated carbocycles. The molecule has 0 atom stereocenters. The van der Waals surface area contributed by atoms with Crippen LogP contribution < -0.4 is 9.46 Å². The fraction of sp³-hybridized carbons (Fsp3) is 0.143. The van der Waals surface area contributed by atoms with Gasteiger partial charge in [0.1, 0.15) is 16.3 Å². The largest absolute Gasteiger partial charge is 0.494 e. The summed E-state index contributed by atoms with van der Waals surface area (Å²) in [5.41, 5.74) is 0.996. The molecular weight excluding hydrogens is 304 g/mol. The van der Waals surface area contributed by atoms with Crippen LogP contribution in [-0.2, 0) is 17.1 Å². The Labute approximate surface area is 127 Å². The SMILES string of the molecule is COc1ccc2cnn(C)c2c1NS(=O)(=O)c1cccnc1. The van der Waals surface area contributed by atoms with Crippen molar-refractivity contribution >= 4 is 26.6 Å². The molecule has 0 radical (unpaired) electrons. The van der Waals surface area contributed by atoms with Gasteiger partial charge in [-0.05, 0) is 24.3 Å². The number of anilines is 1. The predicted octanol–water partition coefficient (Wildman–Crippen LogP) is 1.78. The zero-order valence-electron chi connectivity index (χ0n) is 12.0. The van der Waals surface area contributed by atoms with Gasteiger partial charge < -0.3 is 4.74 Å². The molecule has 0 amide bonds. The monoisotopic (exact) mass is 318 g/mol. The molecule has 0 unspecified atom stereocenters. The first-order chi connectivity index (χ1) is 10.5. The molecule has 22 heavy (non-hydrogen) atoms. The number of aromatic nitrogens is 3. The second-order valence-electron chi connectivity index (χ2n) is 4.64. The van der Waals surface area contributed by atoms with Gasteiger partial charge in [-0.15, -0.1) is 0 Å². The van der Waals surface area contributed by atoms with E-state index in [9.17, 15) is 8.42 Å². The molecular formula is C14H14N4O3S. The number of hydrogen-bond acceptors (Lipinski definition) is 5. The van der Waals surface area contributed by atoms with Gasteiger partial charge in [-0.3, -0.25) is 14.4 Å². The average molecular weight is 318 g/mol. The van der Waals surface area contributed by atoms with E-state index in [4.69, 9.17) is 4.74 Å². The van der Waals surface area contributed by atoms with Gasteiger partial charge in [0.2, 0.25) is 0 Å². The van der Waals surface area contributed by atoms with Crippen molar-refractivity contribution in [2.45, 2.75) is 4.90 Å². The van der Waals surface area contributed by atoms with E-state index in [1.807, 2.05) is 6.07 Å². The lowest BCUT2D eigenvalue weighted by atomic mass is 10.2. The number of pyridine rings is 1. The third-order valence-electron chi connectivity index (χ3n) is 3.27. The first-order valence-corrected chi connectivity index (χ1v) is 7.93. The van der Waals surface area contributed by atoms with Crippen LogP contribution in [0.5, 0.6) is 5.75 Å².